The van der Waals surface area contributed by atoms with Crippen molar-refractivity contribution in [1.29, 1.82) is 0 Å². The van der Waals surface area contributed by atoms with Crippen molar-refractivity contribution in [2.24, 2.45) is 17.8 Å². The topological polar surface area (TPSA) is 25.2 Å². The van der Waals surface area contributed by atoms with Crippen LogP contribution in [0.3, 0.4) is 0 Å². The van der Waals surface area contributed by atoms with E-state index in [0.717, 1.165) is 35.7 Å². The highest BCUT2D eigenvalue weighted by Crippen LogP contribution is 2.50. The highest BCUT2D eigenvalue weighted by Gasteiger charge is 2.40. The van der Waals surface area contributed by atoms with Crippen LogP contribution in [0.25, 0.3) is 0 Å². The van der Waals surface area contributed by atoms with E-state index in [-0.39, 0.29) is 0 Å². The third-order valence-electron chi connectivity index (χ3n) is 5.15. The van der Waals surface area contributed by atoms with Crippen LogP contribution < -0.4 is 5.32 Å². The Kier molecular flexibility index (Phi) is 3.47. The summed E-state index contributed by atoms with van der Waals surface area (Å²) in [5.41, 5.74) is 0. The highest BCUT2D eigenvalue weighted by atomic mass is 16.3. The lowest BCUT2D eigenvalue weighted by atomic mass is 9.84. The van der Waals surface area contributed by atoms with Crippen LogP contribution in [0, 0.1) is 17.8 Å². The molecule has 1 aromatic heterocycles. The molecule has 1 N–H and O–H groups in total. The van der Waals surface area contributed by atoms with Gasteiger partial charge in [-0.3, -0.25) is 0 Å². The molecule has 2 aliphatic rings. The Morgan fingerprint density at radius 2 is 2.22 bits per heavy atom. The van der Waals surface area contributed by atoms with Gasteiger partial charge in [-0.05, 0) is 62.6 Å². The van der Waals surface area contributed by atoms with Crippen molar-refractivity contribution >= 4 is 0 Å². The highest BCUT2D eigenvalue weighted by molar-refractivity contribution is 5.11. The molecule has 0 spiro atoms. The molecule has 2 heteroatoms. The summed E-state index contributed by atoms with van der Waals surface area (Å²) in [5, 5.41) is 3.45. The van der Waals surface area contributed by atoms with E-state index in [2.05, 4.69) is 31.4 Å². The number of furan rings is 1. The van der Waals surface area contributed by atoms with E-state index in [9.17, 15) is 0 Å². The first-order valence-electron chi connectivity index (χ1n) is 7.56. The average molecular weight is 247 g/mol. The fourth-order valence-electron chi connectivity index (χ4n) is 4.12. The van der Waals surface area contributed by atoms with Crippen molar-refractivity contribution < 1.29 is 4.42 Å². The molecule has 0 aromatic carbocycles. The predicted molar refractivity (Wildman–Crippen MR) is 73.4 cm³/mol. The van der Waals surface area contributed by atoms with Gasteiger partial charge >= 0.3 is 0 Å². The molecule has 100 valence electrons. The Bertz CT molecular complexity index is 398. The molecule has 2 bridgehead atoms. The van der Waals surface area contributed by atoms with Crippen molar-refractivity contribution in [3.8, 4) is 0 Å². The van der Waals surface area contributed by atoms with Crippen LogP contribution in [-0.4, -0.2) is 7.05 Å². The van der Waals surface area contributed by atoms with Crippen molar-refractivity contribution in [1.82, 2.24) is 5.32 Å². The summed E-state index contributed by atoms with van der Waals surface area (Å²) in [7, 11) is 2.06. The molecule has 2 saturated carbocycles. The molecule has 2 fully saturated rings. The molecule has 18 heavy (non-hydrogen) atoms. The lowest BCUT2D eigenvalue weighted by molar-refractivity contribution is 0.266. The molecular weight excluding hydrogens is 222 g/mol. The van der Waals surface area contributed by atoms with Gasteiger partial charge in [0.2, 0.25) is 0 Å². The number of fused-ring (bicyclic) bond motifs is 2. The van der Waals surface area contributed by atoms with E-state index < -0.39 is 0 Å². The van der Waals surface area contributed by atoms with Crippen molar-refractivity contribution in [2.45, 2.75) is 51.5 Å². The standard InChI is InChI=1S/C16H25NO/c1-3-14-6-7-16(18-14)15(17-2)10-13-9-11-4-5-12(13)8-11/h6-7,11-13,15,17H,3-5,8-10H2,1-2H3. The van der Waals surface area contributed by atoms with Crippen LogP contribution in [0.5, 0.6) is 0 Å². The number of hydrogen-bond acceptors (Lipinski definition) is 2. The van der Waals surface area contributed by atoms with Crippen LogP contribution in [0.15, 0.2) is 16.5 Å². The first-order valence-corrected chi connectivity index (χ1v) is 7.56. The number of nitrogens with one attached hydrogen (secondary N) is 1. The van der Waals surface area contributed by atoms with E-state index in [1.54, 1.807) is 0 Å². The van der Waals surface area contributed by atoms with Gasteiger partial charge in [0.15, 0.2) is 0 Å². The van der Waals surface area contributed by atoms with Gasteiger partial charge < -0.3 is 9.73 Å². The fraction of sp³-hybridized carbons (Fsp3) is 0.750. The zero-order valence-corrected chi connectivity index (χ0v) is 11.6. The summed E-state index contributed by atoms with van der Waals surface area (Å²) in [6.45, 7) is 2.15. The molecule has 0 aliphatic heterocycles. The summed E-state index contributed by atoms with van der Waals surface area (Å²) in [5.74, 6) is 5.22. The summed E-state index contributed by atoms with van der Waals surface area (Å²) in [6.07, 6.45) is 8.18. The van der Waals surface area contributed by atoms with Crippen molar-refractivity contribution in [3.63, 3.8) is 0 Å². The SMILES string of the molecule is CCc1ccc(C(CC2CC3CCC2C3)NC)o1. The minimum absolute atomic E-state index is 0.412. The molecule has 0 radical (unpaired) electrons. The quantitative estimate of drug-likeness (QED) is 0.853. The Morgan fingerprint density at radius 1 is 1.33 bits per heavy atom. The van der Waals surface area contributed by atoms with Gasteiger partial charge in [0.25, 0.3) is 0 Å². The first kappa shape index (κ1) is 12.3. The zero-order chi connectivity index (χ0) is 12.5. The monoisotopic (exact) mass is 247 g/mol. The van der Waals surface area contributed by atoms with Gasteiger partial charge in [-0.2, -0.15) is 0 Å². The molecule has 4 atom stereocenters. The number of hydrogen-bond donors (Lipinski definition) is 1. The molecule has 0 saturated heterocycles. The second-order valence-electron chi connectivity index (χ2n) is 6.17. The van der Waals surface area contributed by atoms with Gasteiger partial charge in [0, 0.05) is 6.42 Å². The third kappa shape index (κ3) is 2.23. The minimum Gasteiger partial charge on any atom is -0.464 e. The maximum Gasteiger partial charge on any atom is 0.121 e. The van der Waals surface area contributed by atoms with E-state index >= 15 is 0 Å². The van der Waals surface area contributed by atoms with Crippen LogP contribution in [0.4, 0.5) is 0 Å². The largest absolute Gasteiger partial charge is 0.464 e. The molecule has 2 aliphatic carbocycles. The van der Waals surface area contributed by atoms with Crippen molar-refractivity contribution in [3.05, 3.63) is 23.7 Å². The van der Waals surface area contributed by atoms with Crippen LogP contribution in [-0.2, 0) is 6.42 Å². The Hall–Kier alpha value is -0.760. The third-order valence-corrected chi connectivity index (χ3v) is 5.15. The summed E-state index contributed by atoms with van der Waals surface area (Å²) >= 11 is 0. The Labute approximate surface area is 110 Å². The molecule has 0 amide bonds. The predicted octanol–water partition coefficient (Wildman–Crippen LogP) is 3.93. The molecule has 1 aromatic rings. The van der Waals surface area contributed by atoms with E-state index in [4.69, 9.17) is 4.42 Å². The molecule has 1 heterocycles. The second-order valence-corrected chi connectivity index (χ2v) is 6.17. The number of aryl methyl sites for hydroxylation is 1. The van der Waals surface area contributed by atoms with Gasteiger partial charge in [0.05, 0.1) is 6.04 Å². The zero-order valence-electron chi connectivity index (χ0n) is 11.6. The van der Waals surface area contributed by atoms with Crippen LogP contribution in [0.2, 0.25) is 0 Å². The van der Waals surface area contributed by atoms with Crippen molar-refractivity contribution in [2.75, 3.05) is 7.05 Å². The second kappa shape index (κ2) is 5.08. The molecule has 3 rings (SSSR count). The summed E-state index contributed by atoms with van der Waals surface area (Å²) in [6, 6.07) is 4.70. The average Bonchev–Trinajstić information content (AvgIpc) is 3.10. The van der Waals surface area contributed by atoms with Gasteiger partial charge in [-0.1, -0.05) is 13.3 Å². The smallest absolute Gasteiger partial charge is 0.121 e. The normalized spacial score (nSPS) is 32.0. The lowest BCUT2D eigenvalue weighted by Crippen LogP contribution is -2.22. The summed E-state index contributed by atoms with van der Waals surface area (Å²) in [4.78, 5) is 0. The maximum atomic E-state index is 5.91. The molecule has 4 unspecified atom stereocenters. The van der Waals surface area contributed by atoms with Gasteiger partial charge in [-0.15, -0.1) is 0 Å². The van der Waals surface area contributed by atoms with Crippen LogP contribution >= 0.6 is 0 Å². The van der Waals surface area contributed by atoms with E-state index in [1.807, 2.05) is 0 Å². The lowest BCUT2D eigenvalue weighted by Gasteiger charge is -2.25. The van der Waals surface area contributed by atoms with Crippen LogP contribution in [0.1, 0.15) is 56.6 Å². The number of rotatable bonds is 5. The molecular formula is C16H25NO. The Balaban J connectivity index is 1.65. The van der Waals surface area contributed by atoms with E-state index in [0.29, 0.717) is 6.04 Å². The van der Waals surface area contributed by atoms with Gasteiger partial charge in [0.1, 0.15) is 11.5 Å². The fourth-order valence-corrected chi connectivity index (χ4v) is 4.12. The van der Waals surface area contributed by atoms with E-state index in [1.165, 1.54) is 32.1 Å². The summed E-state index contributed by atoms with van der Waals surface area (Å²) < 4.78 is 5.91. The molecule has 2 nitrogen and oxygen atoms in total. The Morgan fingerprint density at radius 3 is 2.78 bits per heavy atom. The van der Waals surface area contributed by atoms with Gasteiger partial charge in [-0.25, -0.2) is 0 Å². The first-order chi connectivity index (χ1) is 8.80. The minimum atomic E-state index is 0.412. The maximum absolute atomic E-state index is 5.91.